The first-order valence-corrected chi connectivity index (χ1v) is 5.89. The molecule has 0 saturated heterocycles. The second-order valence-electron chi connectivity index (χ2n) is 4.45. The molecule has 1 aromatic carbocycles. The number of primary amides is 1. The molecular weight excluding hydrogens is 263 g/mol. The fourth-order valence-corrected chi connectivity index (χ4v) is 1.89. The van der Waals surface area contributed by atoms with Crippen molar-refractivity contribution >= 4 is 17.3 Å². The summed E-state index contributed by atoms with van der Waals surface area (Å²) in [6.07, 6.45) is 1.54. The Hall–Kier alpha value is -2.64. The van der Waals surface area contributed by atoms with Crippen LogP contribution in [0.3, 0.4) is 0 Å². The summed E-state index contributed by atoms with van der Waals surface area (Å²) >= 11 is 0. The molecular formula is C12H15FN6O. The Bertz CT molecular complexity index is 653. The van der Waals surface area contributed by atoms with Crippen LogP contribution in [0.25, 0.3) is 0 Å². The maximum Gasteiger partial charge on any atom is 0.250 e. The Morgan fingerprint density at radius 2 is 2.20 bits per heavy atom. The van der Waals surface area contributed by atoms with Gasteiger partial charge in [-0.25, -0.2) is 4.39 Å². The zero-order valence-corrected chi connectivity index (χ0v) is 11.1. The molecule has 1 atom stereocenters. The van der Waals surface area contributed by atoms with Gasteiger partial charge in [-0.05, 0) is 19.1 Å². The molecule has 0 spiro atoms. The highest BCUT2D eigenvalue weighted by atomic mass is 19.1. The van der Waals surface area contributed by atoms with Crippen molar-refractivity contribution in [1.29, 1.82) is 0 Å². The molecule has 7 nitrogen and oxygen atoms in total. The monoisotopic (exact) mass is 278 g/mol. The van der Waals surface area contributed by atoms with Crippen molar-refractivity contribution in [2.24, 2.45) is 12.8 Å². The summed E-state index contributed by atoms with van der Waals surface area (Å²) in [5.74, 6) is -0.653. The molecule has 106 valence electrons. The summed E-state index contributed by atoms with van der Waals surface area (Å²) in [6.45, 7) is 1.80. The van der Waals surface area contributed by atoms with Crippen LogP contribution >= 0.6 is 0 Å². The van der Waals surface area contributed by atoms with Gasteiger partial charge in [0.25, 0.3) is 5.91 Å². The zero-order chi connectivity index (χ0) is 14.9. The number of nitrogen functional groups attached to an aromatic ring is 1. The lowest BCUT2D eigenvalue weighted by atomic mass is 10.1. The molecule has 2 rings (SSSR count). The van der Waals surface area contributed by atoms with Gasteiger partial charge in [0.05, 0.1) is 17.3 Å². The SMILES string of the molecule is CC(Nc1cc(C(N)=O)c(N)cc1F)c1nncn1C. The van der Waals surface area contributed by atoms with Gasteiger partial charge < -0.3 is 21.4 Å². The van der Waals surface area contributed by atoms with Gasteiger partial charge in [-0.2, -0.15) is 0 Å². The molecule has 8 heteroatoms. The number of halogens is 1. The van der Waals surface area contributed by atoms with Crippen LogP contribution in [0.1, 0.15) is 29.1 Å². The van der Waals surface area contributed by atoms with E-state index >= 15 is 0 Å². The maximum absolute atomic E-state index is 13.9. The van der Waals surface area contributed by atoms with Gasteiger partial charge >= 0.3 is 0 Å². The highest BCUT2D eigenvalue weighted by Crippen LogP contribution is 2.25. The lowest BCUT2D eigenvalue weighted by Crippen LogP contribution is -2.17. The van der Waals surface area contributed by atoms with Gasteiger partial charge in [-0.3, -0.25) is 4.79 Å². The molecule has 0 aliphatic rings. The average Bonchev–Trinajstić information content (AvgIpc) is 2.78. The van der Waals surface area contributed by atoms with Gasteiger partial charge in [0.15, 0.2) is 5.82 Å². The van der Waals surface area contributed by atoms with E-state index in [2.05, 4.69) is 15.5 Å². The van der Waals surface area contributed by atoms with E-state index in [0.29, 0.717) is 5.82 Å². The summed E-state index contributed by atoms with van der Waals surface area (Å²) in [4.78, 5) is 11.2. The van der Waals surface area contributed by atoms with Crippen LogP contribution in [0.2, 0.25) is 0 Å². The number of carbonyl (C=O) groups excluding carboxylic acids is 1. The predicted octanol–water partition coefficient (Wildman–Crippen LogP) is 0.808. The number of nitrogens with one attached hydrogen (secondary N) is 1. The number of aryl methyl sites for hydroxylation is 1. The van der Waals surface area contributed by atoms with Crippen molar-refractivity contribution in [1.82, 2.24) is 14.8 Å². The third kappa shape index (κ3) is 2.53. The Morgan fingerprint density at radius 3 is 2.75 bits per heavy atom. The fraction of sp³-hybridized carbons (Fsp3) is 0.250. The summed E-state index contributed by atoms with van der Waals surface area (Å²) in [7, 11) is 1.78. The highest BCUT2D eigenvalue weighted by molar-refractivity contribution is 5.99. The minimum atomic E-state index is -0.711. The average molecular weight is 278 g/mol. The van der Waals surface area contributed by atoms with Crippen LogP contribution in [0, 0.1) is 5.82 Å². The Kier molecular flexibility index (Phi) is 3.55. The largest absolute Gasteiger partial charge is 0.398 e. The normalized spacial score (nSPS) is 12.2. The van der Waals surface area contributed by atoms with E-state index in [-0.39, 0.29) is 23.0 Å². The van der Waals surface area contributed by atoms with E-state index in [1.165, 1.54) is 6.07 Å². The predicted molar refractivity (Wildman–Crippen MR) is 72.4 cm³/mol. The van der Waals surface area contributed by atoms with E-state index in [1.807, 2.05) is 0 Å². The van der Waals surface area contributed by atoms with Crippen molar-refractivity contribution in [2.75, 3.05) is 11.1 Å². The first-order chi connectivity index (χ1) is 9.40. The summed E-state index contributed by atoms with van der Waals surface area (Å²) in [5, 5.41) is 10.6. The van der Waals surface area contributed by atoms with Gasteiger partial charge in [0.2, 0.25) is 0 Å². The van der Waals surface area contributed by atoms with Crippen molar-refractivity contribution in [2.45, 2.75) is 13.0 Å². The molecule has 1 amide bonds. The maximum atomic E-state index is 13.9. The number of anilines is 2. The molecule has 2 aromatic rings. The Balaban J connectivity index is 2.32. The molecule has 0 aliphatic heterocycles. The van der Waals surface area contributed by atoms with Crippen molar-refractivity contribution < 1.29 is 9.18 Å². The van der Waals surface area contributed by atoms with E-state index in [1.54, 1.807) is 24.9 Å². The Morgan fingerprint density at radius 1 is 1.50 bits per heavy atom. The minimum absolute atomic E-state index is 0.00635. The van der Waals surface area contributed by atoms with E-state index in [4.69, 9.17) is 11.5 Å². The first-order valence-electron chi connectivity index (χ1n) is 5.89. The second kappa shape index (κ2) is 5.16. The topological polar surface area (TPSA) is 112 Å². The van der Waals surface area contributed by atoms with Crippen LogP contribution in [0.5, 0.6) is 0 Å². The summed E-state index contributed by atoms with van der Waals surface area (Å²) < 4.78 is 15.6. The van der Waals surface area contributed by atoms with Gasteiger partial charge in [0, 0.05) is 12.7 Å². The number of carbonyl (C=O) groups is 1. The number of hydrogen-bond donors (Lipinski definition) is 3. The molecule has 0 bridgehead atoms. The summed E-state index contributed by atoms with van der Waals surface area (Å²) in [5.41, 5.74) is 10.9. The van der Waals surface area contributed by atoms with Crippen LogP contribution in [-0.2, 0) is 7.05 Å². The molecule has 1 aromatic heterocycles. The minimum Gasteiger partial charge on any atom is -0.398 e. The third-order valence-corrected chi connectivity index (χ3v) is 2.91. The second-order valence-corrected chi connectivity index (χ2v) is 4.45. The lowest BCUT2D eigenvalue weighted by Gasteiger charge is -2.16. The molecule has 1 heterocycles. The highest BCUT2D eigenvalue weighted by Gasteiger charge is 2.16. The number of benzene rings is 1. The van der Waals surface area contributed by atoms with Crippen LogP contribution in [-0.4, -0.2) is 20.7 Å². The molecule has 0 fully saturated rings. The zero-order valence-electron chi connectivity index (χ0n) is 11.1. The number of amides is 1. The number of hydrogen-bond acceptors (Lipinski definition) is 5. The molecule has 0 radical (unpaired) electrons. The summed E-state index contributed by atoms with van der Waals surface area (Å²) in [6, 6.07) is 2.05. The molecule has 20 heavy (non-hydrogen) atoms. The van der Waals surface area contributed by atoms with E-state index in [9.17, 15) is 9.18 Å². The van der Waals surface area contributed by atoms with Crippen LogP contribution < -0.4 is 16.8 Å². The van der Waals surface area contributed by atoms with Crippen molar-refractivity contribution in [3.05, 3.63) is 35.7 Å². The van der Waals surface area contributed by atoms with Gasteiger partial charge in [-0.1, -0.05) is 0 Å². The number of nitrogens with two attached hydrogens (primary N) is 2. The van der Waals surface area contributed by atoms with Crippen LogP contribution in [0.15, 0.2) is 18.5 Å². The molecule has 0 aliphatic carbocycles. The Labute approximate surface area is 114 Å². The van der Waals surface area contributed by atoms with Gasteiger partial charge in [-0.15, -0.1) is 10.2 Å². The van der Waals surface area contributed by atoms with Crippen molar-refractivity contribution in [3.8, 4) is 0 Å². The standard InChI is InChI=1S/C12H15FN6O/c1-6(12-18-16-5-19(12)2)17-10-3-7(11(15)20)9(14)4-8(10)13/h3-6,17H,14H2,1-2H3,(H2,15,20). The molecule has 5 N–H and O–H groups in total. The number of nitrogens with zero attached hydrogens (tertiary/aromatic N) is 3. The molecule has 1 unspecified atom stereocenters. The molecule has 0 saturated carbocycles. The van der Waals surface area contributed by atoms with E-state index < -0.39 is 11.7 Å². The van der Waals surface area contributed by atoms with Crippen molar-refractivity contribution in [3.63, 3.8) is 0 Å². The lowest BCUT2D eigenvalue weighted by molar-refractivity contribution is 0.100. The van der Waals surface area contributed by atoms with Gasteiger partial charge in [0.1, 0.15) is 12.1 Å². The fourth-order valence-electron chi connectivity index (χ4n) is 1.89. The van der Waals surface area contributed by atoms with Crippen LogP contribution in [0.4, 0.5) is 15.8 Å². The van der Waals surface area contributed by atoms with E-state index in [0.717, 1.165) is 6.07 Å². The first kappa shape index (κ1) is 13.8. The third-order valence-electron chi connectivity index (χ3n) is 2.91. The number of rotatable bonds is 4. The number of aromatic nitrogens is 3. The quantitative estimate of drug-likeness (QED) is 0.716. The smallest absolute Gasteiger partial charge is 0.250 e.